The van der Waals surface area contributed by atoms with E-state index < -0.39 is 12.1 Å². The van der Waals surface area contributed by atoms with E-state index in [2.05, 4.69) is 0 Å². The number of ether oxygens (including phenoxy) is 2. The molecule has 0 fully saturated rings. The summed E-state index contributed by atoms with van der Waals surface area (Å²) in [4.78, 5) is 11.8. The first-order valence-electron chi connectivity index (χ1n) is 8.09. The quantitative estimate of drug-likeness (QED) is 0.732. The van der Waals surface area contributed by atoms with E-state index in [0.29, 0.717) is 11.5 Å². The van der Waals surface area contributed by atoms with Gasteiger partial charge in [-0.25, -0.2) is 4.79 Å². The van der Waals surface area contributed by atoms with Crippen molar-refractivity contribution in [2.75, 3.05) is 7.11 Å². The maximum Gasteiger partial charge on any atom is 0.345 e. The Bertz CT molecular complexity index is 896. The zero-order chi connectivity index (χ0) is 17.8. The Balaban J connectivity index is 1.92. The van der Waals surface area contributed by atoms with Gasteiger partial charge >= 0.3 is 5.97 Å². The van der Waals surface area contributed by atoms with Crippen molar-refractivity contribution in [3.63, 3.8) is 0 Å². The number of hydrogen-bond donors (Lipinski definition) is 1. The average Bonchev–Trinajstić information content (AvgIpc) is 2.61. The van der Waals surface area contributed by atoms with Crippen molar-refractivity contribution in [2.24, 2.45) is 0 Å². The molecule has 0 aliphatic carbocycles. The van der Waals surface area contributed by atoms with Gasteiger partial charge in [0.15, 0.2) is 6.10 Å². The van der Waals surface area contributed by atoms with Crippen molar-refractivity contribution in [2.45, 2.75) is 19.4 Å². The van der Waals surface area contributed by atoms with E-state index in [9.17, 15) is 9.90 Å². The molecule has 1 atom stereocenters. The van der Waals surface area contributed by atoms with Gasteiger partial charge in [0.1, 0.15) is 11.5 Å². The van der Waals surface area contributed by atoms with Crippen LogP contribution in [0.1, 0.15) is 11.1 Å². The lowest BCUT2D eigenvalue weighted by molar-refractivity contribution is -0.144. The van der Waals surface area contributed by atoms with Gasteiger partial charge in [0.05, 0.1) is 7.11 Å². The minimum absolute atomic E-state index is 0.226. The molecule has 1 unspecified atom stereocenters. The molecule has 0 bridgehead atoms. The van der Waals surface area contributed by atoms with Crippen molar-refractivity contribution in [3.8, 4) is 11.5 Å². The summed E-state index contributed by atoms with van der Waals surface area (Å²) in [5.74, 6) is 0.229. The average molecular weight is 336 g/mol. The molecule has 0 radical (unpaired) electrons. The van der Waals surface area contributed by atoms with Gasteiger partial charge in [-0.2, -0.15) is 0 Å². The Hall–Kier alpha value is -3.01. The number of carboxylic acid groups (broad SMARTS) is 1. The second-order valence-corrected chi connectivity index (χ2v) is 5.94. The number of benzene rings is 3. The van der Waals surface area contributed by atoms with E-state index in [-0.39, 0.29) is 6.42 Å². The monoisotopic (exact) mass is 336 g/mol. The SMILES string of the molecule is COc1ccc(C)cc1CC(Oc1cccc2ccccc12)C(=O)O. The first kappa shape index (κ1) is 16.8. The number of hydrogen-bond acceptors (Lipinski definition) is 3. The summed E-state index contributed by atoms with van der Waals surface area (Å²) >= 11 is 0. The molecule has 4 nitrogen and oxygen atoms in total. The smallest absolute Gasteiger partial charge is 0.345 e. The van der Waals surface area contributed by atoms with Gasteiger partial charge in [-0.3, -0.25) is 0 Å². The predicted octanol–water partition coefficient (Wildman–Crippen LogP) is 4.23. The van der Waals surface area contributed by atoms with Crippen LogP contribution in [0, 0.1) is 6.92 Å². The van der Waals surface area contributed by atoms with Crippen LogP contribution in [0.4, 0.5) is 0 Å². The molecule has 3 aromatic carbocycles. The van der Waals surface area contributed by atoms with Gasteiger partial charge < -0.3 is 14.6 Å². The Morgan fingerprint density at radius 2 is 1.80 bits per heavy atom. The zero-order valence-electron chi connectivity index (χ0n) is 14.2. The highest BCUT2D eigenvalue weighted by Crippen LogP contribution is 2.28. The van der Waals surface area contributed by atoms with E-state index in [4.69, 9.17) is 9.47 Å². The van der Waals surface area contributed by atoms with Crippen molar-refractivity contribution in [3.05, 3.63) is 71.8 Å². The molecule has 3 aromatic rings. The number of carbonyl (C=O) groups is 1. The second-order valence-electron chi connectivity index (χ2n) is 5.94. The van der Waals surface area contributed by atoms with Gasteiger partial charge in [0.2, 0.25) is 0 Å². The van der Waals surface area contributed by atoms with E-state index >= 15 is 0 Å². The second kappa shape index (κ2) is 7.26. The van der Waals surface area contributed by atoms with Crippen LogP contribution < -0.4 is 9.47 Å². The van der Waals surface area contributed by atoms with Gasteiger partial charge in [-0.05, 0) is 30.0 Å². The minimum atomic E-state index is -1.00. The summed E-state index contributed by atoms with van der Waals surface area (Å²) < 4.78 is 11.2. The molecule has 0 heterocycles. The summed E-state index contributed by atoms with van der Waals surface area (Å²) in [6, 6.07) is 19.1. The summed E-state index contributed by atoms with van der Waals surface area (Å²) in [6.45, 7) is 1.96. The van der Waals surface area contributed by atoms with Crippen LogP contribution in [0.25, 0.3) is 10.8 Å². The first-order chi connectivity index (χ1) is 12.1. The fourth-order valence-electron chi connectivity index (χ4n) is 2.90. The normalized spacial score (nSPS) is 11.9. The van der Waals surface area contributed by atoms with E-state index in [1.807, 2.05) is 61.5 Å². The highest BCUT2D eigenvalue weighted by Gasteiger charge is 2.22. The Labute approximate surface area is 146 Å². The topological polar surface area (TPSA) is 55.8 Å². The highest BCUT2D eigenvalue weighted by molar-refractivity contribution is 5.88. The van der Waals surface area contributed by atoms with Crippen LogP contribution in [0.3, 0.4) is 0 Å². The molecule has 128 valence electrons. The lowest BCUT2D eigenvalue weighted by Gasteiger charge is -2.18. The third-order valence-corrected chi connectivity index (χ3v) is 4.14. The van der Waals surface area contributed by atoms with Crippen molar-refractivity contribution in [1.82, 2.24) is 0 Å². The summed E-state index contributed by atoms with van der Waals surface area (Å²) in [7, 11) is 1.58. The first-order valence-corrected chi connectivity index (χ1v) is 8.09. The molecule has 3 rings (SSSR count). The van der Waals surface area contributed by atoms with Crippen LogP contribution in [0.2, 0.25) is 0 Å². The van der Waals surface area contributed by atoms with Crippen molar-refractivity contribution in [1.29, 1.82) is 0 Å². The molecule has 1 N–H and O–H groups in total. The number of carboxylic acids is 1. The van der Waals surface area contributed by atoms with Crippen LogP contribution in [0.5, 0.6) is 11.5 Å². The van der Waals surface area contributed by atoms with Crippen LogP contribution >= 0.6 is 0 Å². The molecule has 0 aliphatic heterocycles. The van der Waals surface area contributed by atoms with E-state index in [1.165, 1.54) is 0 Å². The molecule has 0 saturated heterocycles. The molecule has 0 aromatic heterocycles. The largest absolute Gasteiger partial charge is 0.496 e. The van der Waals surface area contributed by atoms with Crippen LogP contribution in [0.15, 0.2) is 60.7 Å². The lowest BCUT2D eigenvalue weighted by atomic mass is 10.0. The molecular formula is C21H20O4. The predicted molar refractivity (Wildman–Crippen MR) is 97.4 cm³/mol. The number of aryl methyl sites for hydroxylation is 1. The van der Waals surface area contributed by atoms with Crippen LogP contribution in [-0.4, -0.2) is 24.3 Å². The summed E-state index contributed by atoms with van der Waals surface area (Å²) in [5, 5.41) is 11.5. The van der Waals surface area contributed by atoms with E-state index in [1.54, 1.807) is 13.2 Å². The highest BCUT2D eigenvalue weighted by atomic mass is 16.5. The van der Waals surface area contributed by atoms with E-state index in [0.717, 1.165) is 21.9 Å². The molecular weight excluding hydrogens is 316 g/mol. The molecule has 25 heavy (non-hydrogen) atoms. The number of fused-ring (bicyclic) bond motifs is 1. The third-order valence-electron chi connectivity index (χ3n) is 4.14. The molecule has 4 heteroatoms. The number of methoxy groups -OCH3 is 1. The summed E-state index contributed by atoms with van der Waals surface area (Å²) in [6.07, 6.45) is -0.773. The Kier molecular flexibility index (Phi) is 4.89. The fourth-order valence-corrected chi connectivity index (χ4v) is 2.90. The standard InChI is InChI=1S/C21H20O4/c1-14-10-11-18(24-2)16(12-14)13-20(21(22)23)25-19-9-5-7-15-6-3-4-8-17(15)19/h3-12,20H,13H2,1-2H3,(H,22,23). The molecule has 0 amide bonds. The maximum absolute atomic E-state index is 11.8. The number of rotatable bonds is 6. The molecule has 0 saturated carbocycles. The van der Waals surface area contributed by atoms with Gasteiger partial charge in [-0.15, -0.1) is 0 Å². The van der Waals surface area contributed by atoms with Crippen LogP contribution in [-0.2, 0) is 11.2 Å². The lowest BCUT2D eigenvalue weighted by Crippen LogP contribution is -2.29. The summed E-state index contributed by atoms with van der Waals surface area (Å²) in [5.41, 5.74) is 1.86. The molecule has 0 aliphatic rings. The minimum Gasteiger partial charge on any atom is -0.496 e. The fraction of sp³-hybridized carbons (Fsp3) is 0.190. The molecule has 0 spiro atoms. The van der Waals surface area contributed by atoms with Gasteiger partial charge in [0.25, 0.3) is 0 Å². The zero-order valence-corrected chi connectivity index (χ0v) is 14.2. The van der Waals surface area contributed by atoms with Gasteiger partial charge in [0, 0.05) is 11.8 Å². The van der Waals surface area contributed by atoms with Gasteiger partial charge in [-0.1, -0.05) is 54.1 Å². The Morgan fingerprint density at radius 1 is 1.04 bits per heavy atom. The maximum atomic E-state index is 11.8. The number of aliphatic carboxylic acids is 1. The Morgan fingerprint density at radius 3 is 2.56 bits per heavy atom. The van der Waals surface area contributed by atoms with Crippen molar-refractivity contribution >= 4 is 16.7 Å². The van der Waals surface area contributed by atoms with Crippen molar-refractivity contribution < 1.29 is 19.4 Å². The third kappa shape index (κ3) is 3.74.